The third-order valence-electron chi connectivity index (χ3n) is 2.36. The van der Waals surface area contributed by atoms with Gasteiger partial charge in [-0.25, -0.2) is 0 Å². The van der Waals surface area contributed by atoms with Gasteiger partial charge in [0.1, 0.15) is 12.1 Å². The summed E-state index contributed by atoms with van der Waals surface area (Å²) in [5.41, 5.74) is 5.70. The number of carboxylic acids is 1. The molecular weight excluding hydrogens is 216 g/mol. The molecule has 1 aromatic rings. The number of carbonyl (C=O) groups is 1. The van der Waals surface area contributed by atoms with Crippen LogP contribution in [0.2, 0.25) is 0 Å². The second-order valence-corrected chi connectivity index (χ2v) is 3.42. The van der Waals surface area contributed by atoms with Crippen molar-refractivity contribution < 1.29 is 24.5 Å². The number of nitrogens with two attached hydrogens (primary N) is 1. The van der Waals surface area contributed by atoms with Crippen LogP contribution in [0.4, 0.5) is 0 Å². The van der Waals surface area contributed by atoms with Crippen LogP contribution in [0.25, 0.3) is 0 Å². The van der Waals surface area contributed by atoms with Gasteiger partial charge in [-0.15, -0.1) is 0 Å². The molecular formula is C10H11NO5. The number of aliphatic hydroxyl groups excluding tert-OH is 1. The lowest BCUT2D eigenvalue weighted by Crippen LogP contribution is -2.36. The van der Waals surface area contributed by atoms with Gasteiger partial charge in [0.15, 0.2) is 11.5 Å². The van der Waals surface area contributed by atoms with Crippen molar-refractivity contribution >= 4 is 5.97 Å². The zero-order chi connectivity index (χ0) is 11.7. The average Bonchev–Trinajstić information content (AvgIpc) is 2.73. The molecule has 6 nitrogen and oxygen atoms in total. The van der Waals surface area contributed by atoms with Gasteiger partial charge in [-0.3, -0.25) is 4.79 Å². The number of carboxylic acid groups (broad SMARTS) is 1. The maximum Gasteiger partial charge on any atom is 0.323 e. The zero-order valence-electron chi connectivity index (χ0n) is 8.29. The molecule has 6 heteroatoms. The molecule has 2 rings (SSSR count). The van der Waals surface area contributed by atoms with Gasteiger partial charge in [0.05, 0.1) is 0 Å². The molecule has 2 atom stereocenters. The summed E-state index contributed by atoms with van der Waals surface area (Å²) in [6.07, 6.45) is -1.27. The van der Waals surface area contributed by atoms with Crippen molar-refractivity contribution in [3.05, 3.63) is 23.8 Å². The number of benzene rings is 1. The zero-order valence-corrected chi connectivity index (χ0v) is 8.29. The first-order valence-electron chi connectivity index (χ1n) is 4.65. The molecule has 1 aliphatic heterocycles. The minimum absolute atomic E-state index is 0.125. The molecule has 0 bridgehead atoms. The van der Waals surface area contributed by atoms with Crippen LogP contribution < -0.4 is 15.2 Å². The summed E-state index contributed by atoms with van der Waals surface area (Å²) in [6, 6.07) is 3.33. The van der Waals surface area contributed by atoms with Crippen LogP contribution in [0.5, 0.6) is 11.5 Å². The van der Waals surface area contributed by atoms with Crippen LogP contribution in [0.3, 0.4) is 0 Å². The van der Waals surface area contributed by atoms with E-state index in [4.69, 9.17) is 20.3 Å². The lowest BCUT2D eigenvalue weighted by molar-refractivity contribution is -0.141. The van der Waals surface area contributed by atoms with Crippen molar-refractivity contribution in [2.24, 2.45) is 5.73 Å². The maximum atomic E-state index is 10.6. The van der Waals surface area contributed by atoms with E-state index in [-0.39, 0.29) is 6.79 Å². The number of rotatable bonds is 3. The molecule has 0 unspecified atom stereocenters. The number of aliphatic carboxylic acids is 1. The second-order valence-electron chi connectivity index (χ2n) is 3.42. The van der Waals surface area contributed by atoms with E-state index in [0.29, 0.717) is 17.1 Å². The molecule has 0 aliphatic carbocycles. The molecule has 1 aromatic carbocycles. The summed E-state index contributed by atoms with van der Waals surface area (Å²) < 4.78 is 10.2. The standard InChI is InChI=1S/C10H11NO5/c11-8(10(13)14)9(12)5-1-2-6-7(3-5)16-4-15-6/h1-3,8-9,12H,4,11H2,(H,13,14)/t8-,9-/m0/s1/i9+2. The van der Waals surface area contributed by atoms with Crippen LogP contribution in [-0.2, 0) is 4.79 Å². The van der Waals surface area contributed by atoms with E-state index in [1.165, 1.54) is 6.07 Å². The topological polar surface area (TPSA) is 102 Å². The summed E-state index contributed by atoms with van der Waals surface area (Å²) in [4.78, 5) is 10.6. The Balaban J connectivity index is 2.24. The second kappa shape index (κ2) is 3.99. The van der Waals surface area contributed by atoms with Crippen LogP contribution in [0.15, 0.2) is 18.2 Å². The highest BCUT2D eigenvalue weighted by molar-refractivity contribution is 5.74. The Bertz CT molecular complexity index is 420. The molecule has 0 aromatic heterocycles. The largest absolute Gasteiger partial charge is 0.480 e. The van der Waals surface area contributed by atoms with Gasteiger partial charge in [-0.05, 0) is 17.7 Å². The third kappa shape index (κ3) is 1.80. The molecule has 4 N–H and O–H groups in total. The maximum absolute atomic E-state index is 10.6. The number of hydrogen-bond acceptors (Lipinski definition) is 5. The first kappa shape index (κ1) is 10.7. The highest BCUT2D eigenvalue weighted by Crippen LogP contribution is 2.34. The fraction of sp³-hybridized carbons (Fsp3) is 0.300. The molecule has 1 aliphatic rings. The van der Waals surface area contributed by atoms with E-state index in [1.54, 1.807) is 12.1 Å². The molecule has 16 heavy (non-hydrogen) atoms. The van der Waals surface area contributed by atoms with Gasteiger partial charge >= 0.3 is 5.97 Å². The van der Waals surface area contributed by atoms with Gasteiger partial charge in [0, 0.05) is 0 Å². The van der Waals surface area contributed by atoms with E-state index in [9.17, 15) is 9.90 Å². The normalized spacial score (nSPS) is 16.9. The van der Waals surface area contributed by atoms with Gasteiger partial charge in [0.2, 0.25) is 6.79 Å². The highest BCUT2D eigenvalue weighted by Gasteiger charge is 2.25. The fourth-order valence-corrected chi connectivity index (χ4v) is 1.44. The van der Waals surface area contributed by atoms with Crippen molar-refractivity contribution in [1.82, 2.24) is 0 Å². The summed E-state index contributed by atoms with van der Waals surface area (Å²) in [5, 5.41) is 18.4. The number of ether oxygens (including phenoxy) is 2. The predicted octanol–water partition coefficient (Wildman–Crippen LogP) is -0.139. The lowest BCUT2D eigenvalue weighted by atomic mass is 10.2. The van der Waals surface area contributed by atoms with Crippen molar-refractivity contribution in [2.75, 3.05) is 6.79 Å². The molecule has 1 heterocycles. The summed E-state index contributed by atoms with van der Waals surface area (Å²) in [7, 11) is 0. The van der Waals surface area contributed by atoms with E-state index in [1.807, 2.05) is 0 Å². The molecule has 0 fully saturated rings. The quantitative estimate of drug-likeness (QED) is 0.664. The lowest BCUT2D eigenvalue weighted by Gasteiger charge is -2.15. The Morgan fingerprint density at radius 1 is 1.44 bits per heavy atom. The molecule has 0 amide bonds. The van der Waals surface area contributed by atoms with Crippen LogP contribution in [0.1, 0.15) is 11.7 Å². The van der Waals surface area contributed by atoms with Crippen molar-refractivity contribution in [1.29, 1.82) is 0 Å². The molecule has 0 radical (unpaired) electrons. The van der Waals surface area contributed by atoms with Crippen LogP contribution in [-0.4, -0.2) is 29.0 Å². The monoisotopic (exact) mass is 227 g/mol. The number of hydrogen-bond donors (Lipinski definition) is 3. The molecule has 0 saturated carbocycles. The first-order chi connectivity index (χ1) is 7.59. The minimum Gasteiger partial charge on any atom is -0.480 e. The highest BCUT2D eigenvalue weighted by atomic mass is 16.7. The number of fused-ring (bicyclic) bond motifs is 1. The van der Waals surface area contributed by atoms with Crippen molar-refractivity contribution in [3.8, 4) is 11.5 Å². The Hall–Kier alpha value is -1.79. The summed E-state index contributed by atoms with van der Waals surface area (Å²) >= 11 is 0. The van der Waals surface area contributed by atoms with Gasteiger partial charge in [-0.2, -0.15) is 0 Å². The Labute approximate surface area is 91.2 Å². The predicted molar refractivity (Wildman–Crippen MR) is 53.1 cm³/mol. The van der Waals surface area contributed by atoms with E-state index in [0.717, 1.165) is 0 Å². The first-order valence-corrected chi connectivity index (χ1v) is 4.65. The molecule has 86 valence electrons. The third-order valence-corrected chi connectivity index (χ3v) is 2.36. The Kier molecular flexibility index (Phi) is 2.67. The SMILES string of the molecule is N[C@H](C(=O)O)[14C@@H](O)c1ccc2c(c1)OCO2. The summed E-state index contributed by atoms with van der Waals surface area (Å²) in [5.74, 6) is -0.209. The van der Waals surface area contributed by atoms with Gasteiger partial charge in [0.25, 0.3) is 0 Å². The van der Waals surface area contributed by atoms with Gasteiger partial charge < -0.3 is 25.4 Å². The van der Waals surface area contributed by atoms with E-state index >= 15 is 0 Å². The van der Waals surface area contributed by atoms with E-state index < -0.39 is 18.1 Å². The Morgan fingerprint density at radius 2 is 2.12 bits per heavy atom. The van der Waals surface area contributed by atoms with Crippen molar-refractivity contribution in [2.45, 2.75) is 12.1 Å². The van der Waals surface area contributed by atoms with Crippen LogP contribution in [0, 0.1) is 0 Å². The average molecular weight is 227 g/mol. The van der Waals surface area contributed by atoms with Crippen molar-refractivity contribution in [3.63, 3.8) is 0 Å². The minimum atomic E-state index is -1.36. The Morgan fingerprint density at radius 3 is 2.81 bits per heavy atom. The smallest absolute Gasteiger partial charge is 0.323 e. The molecule has 0 spiro atoms. The molecule has 0 saturated heterocycles. The number of aliphatic hydroxyl groups is 1. The van der Waals surface area contributed by atoms with Crippen LogP contribution >= 0.6 is 0 Å². The van der Waals surface area contributed by atoms with Gasteiger partial charge in [-0.1, -0.05) is 6.07 Å². The van der Waals surface area contributed by atoms with E-state index in [2.05, 4.69) is 0 Å². The fourth-order valence-electron chi connectivity index (χ4n) is 1.44. The summed E-state index contributed by atoms with van der Waals surface area (Å²) in [6.45, 7) is 0.125.